The SMILES string of the molecule is CN(C)C(=O)Nc1cncc(-c2ccc3[nH]nc(C(=O)Nc4ccnc(CN5CCC5)c4)c3c2)c1. The minimum atomic E-state index is -0.306. The summed E-state index contributed by atoms with van der Waals surface area (Å²) in [4.78, 5) is 37.5. The summed E-state index contributed by atoms with van der Waals surface area (Å²) in [5, 5.41) is 13.6. The second-order valence-corrected chi connectivity index (χ2v) is 8.74. The van der Waals surface area contributed by atoms with Gasteiger partial charge in [0, 0.05) is 49.7 Å². The van der Waals surface area contributed by atoms with Crippen LogP contribution in [-0.2, 0) is 6.54 Å². The van der Waals surface area contributed by atoms with Crippen molar-refractivity contribution in [3.63, 3.8) is 0 Å². The third-order valence-corrected chi connectivity index (χ3v) is 5.92. The number of benzene rings is 1. The molecular formula is C25H26N8O2. The Morgan fingerprint density at radius 2 is 1.89 bits per heavy atom. The molecule has 178 valence electrons. The van der Waals surface area contributed by atoms with Gasteiger partial charge in [0.15, 0.2) is 5.69 Å². The molecule has 10 heteroatoms. The highest BCUT2D eigenvalue weighted by Crippen LogP contribution is 2.27. The minimum Gasteiger partial charge on any atom is -0.331 e. The Balaban J connectivity index is 1.37. The summed E-state index contributed by atoms with van der Waals surface area (Å²) < 4.78 is 0. The van der Waals surface area contributed by atoms with Crippen molar-refractivity contribution in [3.05, 3.63) is 66.4 Å². The second-order valence-electron chi connectivity index (χ2n) is 8.74. The number of likely N-dealkylation sites (tertiary alicyclic amines) is 1. The molecule has 4 heterocycles. The van der Waals surface area contributed by atoms with Crippen LogP contribution >= 0.6 is 0 Å². The fourth-order valence-corrected chi connectivity index (χ4v) is 3.87. The number of aromatic amines is 1. The minimum absolute atomic E-state index is 0.239. The molecule has 10 nitrogen and oxygen atoms in total. The quantitative estimate of drug-likeness (QED) is 0.396. The Hall–Kier alpha value is -4.31. The van der Waals surface area contributed by atoms with Crippen LogP contribution in [0.3, 0.4) is 0 Å². The van der Waals surface area contributed by atoms with Gasteiger partial charge in [0.05, 0.1) is 23.1 Å². The zero-order valence-corrected chi connectivity index (χ0v) is 19.6. The van der Waals surface area contributed by atoms with Crippen LogP contribution in [0, 0.1) is 0 Å². The molecule has 0 aliphatic carbocycles. The number of aromatic nitrogens is 4. The normalized spacial score (nSPS) is 13.3. The van der Waals surface area contributed by atoms with E-state index in [0.29, 0.717) is 22.5 Å². The molecule has 1 aliphatic rings. The number of nitrogens with one attached hydrogen (secondary N) is 3. The van der Waals surface area contributed by atoms with Crippen molar-refractivity contribution < 1.29 is 9.59 Å². The Labute approximate surface area is 202 Å². The van der Waals surface area contributed by atoms with Gasteiger partial charge in [-0.15, -0.1) is 0 Å². The van der Waals surface area contributed by atoms with E-state index < -0.39 is 0 Å². The van der Waals surface area contributed by atoms with Gasteiger partial charge >= 0.3 is 6.03 Å². The number of rotatable bonds is 6. The van der Waals surface area contributed by atoms with E-state index in [-0.39, 0.29) is 11.9 Å². The number of hydrogen-bond donors (Lipinski definition) is 3. The largest absolute Gasteiger partial charge is 0.331 e. The molecule has 5 rings (SSSR count). The van der Waals surface area contributed by atoms with E-state index >= 15 is 0 Å². The predicted octanol–water partition coefficient (Wildman–Crippen LogP) is 3.57. The third-order valence-electron chi connectivity index (χ3n) is 5.92. The number of carbonyl (C=O) groups excluding carboxylic acids is 2. The lowest BCUT2D eigenvalue weighted by molar-refractivity contribution is 0.102. The molecule has 4 aromatic rings. The highest BCUT2D eigenvalue weighted by Gasteiger charge is 2.17. The van der Waals surface area contributed by atoms with E-state index in [1.165, 1.54) is 11.3 Å². The Bertz CT molecular complexity index is 1390. The molecule has 35 heavy (non-hydrogen) atoms. The van der Waals surface area contributed by atoms with Crippen molar-refractivity contribution in [3.8, 4) is 11.1 Å². The summed E-state index contributed by atoms with van der Waals surface area (Å²) in [6, 6.07) is 11.0. The summed E-state index contributed by atoms with van der Waals surface area (Å²) in [5.41, 5.74) is 4.89. The van der Waals surface area contributed by atoms with E-state index in [9.17, 15) is 9.59 Å². The van der Waals surface area contributed by atoms with Crippen LogP contribution in [-0.4, -0.2) is 69.1 Å². The summed E-state index contributed by atoms with van der Waals surface area (Å²) in [6.45, 7) is 2.95. The highest BCUT2D eigenvalue weighted by atomic mass is 16.2. The zero-order valence-electron chi connectivity index (χ0n) is 19.6. The maximum atomic E-state index is 13.1. The van der Waals surface area contributed by atoms with Crippen LogP contribution < -0.4 is 10.6 Å². The van der Waals surface area contributed by atoms with Crippen molar-refractivity contribution >= 4 is 34.2 Å². The van der Waals surface area contributed by atoms with Crippen LogP contribution in [0.25, 0.3) is 22.0 Å². The van der Waals surface area contributed by atoms with Gasteiger partial charge in [-0.2, -0.15) is 5.10 Å². The Morgan fingerprint density at radius 1 is 1.03 bits per heavy atom. The van der Waals surface area contributed by atoms with Crippen LogP contribution in [0.1, 0.15) is 22.6 Å². The van der Waals surface area contributed by atoms with Crippen molar-refractivity contribution in [2.45, 2.75) is 13.0 Å². The number of fused-ring (bicyclic) bond motifs is 1. The van der Waals surface area contributed by atoms with Crippen LogP contribution in [0.2, 0.25) is 0 Å². The van der Waals surface area contributed by atoms with Gasteiger partial charge in [-0.05, 0) is 55.4 Å². The van der Waals surface area contributed by atoms with Gasteiger partial charge in [-0.3, -0.25) is 24.8 Å². The molecule has 1 aromatic carbocycles. The van der Waals surface area contributed by atoms with Gasteiger partial charge in [-0.25, -0.2) is 4.79 Å². The molecule has 0 saturated carbocycles. The number of anilines is 2. The molecule has 3 aromatic heterocycles. The number of H-pyrrole nitrogens is 1. The van der Waals surface area contributed by atoms with E-state index in [1.54, 1.807) is 38.8 Å². The summed E-state index contributed by atoms with van der Waals surface area (Å²) in [5.74, 6) is -0.306. The van der Waals surface area contributed by atoms with Crippen molar-refractivity contribution in [2.75, 3.05) is 37.8 Å². The average molecular weight is 471 g/mol. The maximum absolute atomic E-state index is 13.1. The molecule has 1 fully saturated rings. The molecule has 1 aliphatic heterocycles. The van der Waals surface area contributed by atoms with E-state index in [0.717, 1.165) is 42.0 Å². The standard InChI is InChI=1S/C25H26N8O2/c1-32(2)25(35)29-19-10-17(13-26-14-19)16-4-5-22-21(11-16)23(31-30-22)24(34)28-18-6-7-27-20(12-18)15-33-8-3-9-33/h4-7,10-14H,3,8-9,15H2,1-2H3,(H,29,35)(H,30,31)(H,27,28,34). The Morgan fingerprint density at radius 3 is 2.66 bits per heavy atom. The van der Waals surface area contributed by atoms with Gasteiger partial charge in [0.25, 0.3) is 5.91 Å². The molecule has 0 spiro atoms. The number of urea groups is 1. The van der Waals surface area contributed by atoms with E-state index in [2.05, 4.69) is 35.7 Å². The third kappa shape index (κ3) is 4.97. The van der Waals surface area contributed by atoms with Gasteiger partial charge < -0.3 is 15.5 Å². The lowest BCUT2D eigenvalue weighted by Gasteiger charge is -2.30. The summed E-state index contributed by atoms with van der Waals surface area (Å²) >= 11 is 0. The first kappa shape index (κ1) is 22.5. The molecular weight excluding hydrogens is 444 g/mol. The molecule has 0 radical (unpaired) electrons. The van der Waals surface area contributed by atoms with E-state index in [1.807, 2.05) is 30.3 Å². The zero-order chi connectivity index (χ0) is 24.4. The fourth-order valence-electron chi connectivity index (χ4n) is 3.87. The van der Waals surface area contributed by atoms with Gasteiger partial charge in [0.2, 0.25) is 0 Å². The van der Waals surface area contributed by atoms with Gasteiger partial charge in [0.1, 0.15) is 0 Å². The average Bonchev–Trinajstić information content (AvgIpc) is 3.25. The monoisotopic (exact) mass is 470 g/mol. The van der Waals surface area contributed by atoms with Gasteiger partial charge in [-0.1, -0.05) is 6.07 Å². The van der Waals surface area contributed by atoms with Crippen molar-refractivity contribution in [2.24, 2.45) is 0 Å². The summed E-state index contributed by atoms with van der Waals surface area (Å²) in [6.07, 6.45) is 6.23. The molecule has 0 unspecified atom stereocenters. The van der Waals surface area contributed by atoms with E-state index in [4.69, 9.17) is 0 Å². The molecule has 0 bridgehead atoms. The summed E-state index contributed by atoms with van der Waals surface area (Å²) in [7, 11) is 3.34. The first-order valence-electron chi connectivity index (χ1n) is 11.4. The van der Waals surface area contributed by atoms with Crippen molar-refractivity contribution in [1.82, 2.24) is 30.0 Å². The molecule has 0 atom stereocenters. The van der Waals surface area contributed by atoms with Crippen LogP contribution in [0.5, 0.6) is 0 Å². The topological polar surface area (TPSA) is 119 Å². The number of amides is 3. The molecule has 3 amide bonds. The fraction of sp³-hybridized carbons (Fsp3) is 0.240. The molecule has 3 N–H and O–H groups in total. The molecule has 1 saturated heterocycles. The number of hydrogen-bond acceptors (Lipinski definition) is 6. The highest BCUT2D eigenvalue weighted by molar-refractivity contribution is 6.11. The lowest BCUT2D eigenvalue weighted by Crippen LogP contribution is -2.36. The predicted molar refractivity (Wildman–Crippen MR) is 134 cm³/mol. The number of nitrogens with zero attached hydrogens (tertiary/aromatic N) is 5. The van der Waals surface area contributed by atoms with Crippen molar-refractivity contribution in [1.29, 1.82) is 0 Å². The van der Waals surface area contributed by atoms with Crippen LogP contribution in [0.15, 0.2) is 55.0 Å². The number of carbonyl (C=O) groups is 2. The van der Waals surface area contributed by atoms with Crippen LogP contribution in [0.4, 0.5) is 16.2 Å². The first-order valence-corrected chi connectivity index (χ1v) is 11.4. The maximum Gasteiger partial charge on any atom is 0.321 e. The lowest BCUT2D eigenvalue weighted by atomic mass is 10.0. The smallest absolute Gasteiger partial charge is 0.321 e. The number of pyridine rings is 2. The second kappa shape index (κ2) is 9.51. The first-order chi connectivity index (χ1) is 17.0. The Kier molecular flexibility index (Phi) is 6.11.